The van der Waals surface area contributed by atoms with Gasteiger partial charge < -0.3 is 10.5 Å². The first-order valence-corrected chi connectivity index (χ1v) is 6.07. The van der Waals surface area contributed by atoms with Crippen molar-refractivity contribution in [3.8, 4) is 0 Å². The zero-order chi connectivity index (χ0) is 11.7. The van der Waals surface area contributed by atoms with E-state index in [1.807, 2.05) is 0 Å². The van der Waals surface area contributed by atoms with Crippen LogP contribution in [0, 0.1) is 5.92 Å². The van der Waals surface area contributed by atoms with Crippen molar-refractivity contribution < 1.29 is 4.74 Å². The third-order valence-corrected chi connectivity index (χ3v) is 2.39. The smallest absolute Gasteiger partial charge is 0.0589 e. The molecule has 0 aliphatic heterocycles. The van der Waals surface area contributed by atoms with Gasteiger partial charge >= 0.3 is 0 Å². The molecular weight excluding hydrogens is 188 g/mol. The standard InChI is InChI=1S/C12H28N2O/c1-5-6-12(13)10-14(7-8-15-4)9-11(2)3/h11-12H,5-10,13H2,1-4H3. The lowest BCUT2D eigenvalue weighted by atomic mass is 10.1. The van der Waals surface area contributed by atoms with Crippen LogP contribution < -0.4 is 5.73 Å². The van der Waals surface area contributed by atoms with Crippen molar-refractivity contribution in [3.63, 3.8) is 0 Å². The average Bonchev–Trinajstić information content (AvgIpc) is 2.13. The summed E-state index contributed by atoms with van der Waals surface area (Å²) in [5, 5.41) is 0. The van der Waals surface area contributed by atoms with Gasteiger partial charge in [0, 0.05) is 32.8 Å². The monoisotopic (exact) mass is 216 g/mol. The number of methoxy groups -OCH3 is 1. The second kappa shape index (κ2) is 9.13. The van der Waals surface area contributed by atoms with E-state index in [1.165, 1.54) is 6.42 Å². The first kappa shape index (κ1) is 14.9. The molecule has 2 N–H and O–H groups in total. The highest BCUT2D eigenvalue weighted by Gasteiger charge is 2.11. The third kappa shape index (κ3) is 8.85. The van der Waals surface area contributed by atoms with Crippen LogP contribution in [0.15, 0.2) is 0 Å². The molecule has 0 aliphatic rings. The molecule has 0 aromatic heterocycles. The Bertz CT molecular complexity index is 140. The van der Waals surface area contributed by atoms with Gasteiger partial charge in [0.25, 0.3) is 0 Å². The zero-order valence-electron chi connectivity index (χ0n) is 10.8. The molecule has 3 nitrogen and oxygen atoms in total. The summed E-state index contributed by atoms with van der Waals surface area (Å²) in [4.78, 5) is 2.41. The average molecular weight is 216 g/mol. The fourth-order valence-electron chi connectivity index (χ4n) is 1.79. The predicted molar refractivity (Wildman–Crippen MR) is 66.0 cm³/mol. The molecule has 0 rings (SSSR count). The Kier molecular flexibility index (Phi) is 9.06. The van der Waals surface area contributed by atoms with E-state index >= 15 is 0 Å². The van der Waals surface area contributed by atoms with Gasteiger partial charge in [-0.1, -0.05) is 27.2 Å². The molecule has 0 spiro atoms. The van der Waals surface area contributed by atoms with E-state index in [0.29, 0.717) is 12.0 Å². The summed E-state index contributed by atoms with van der Waals surface area (Å²) in [5.41, 5.74) is 6.05. The molecule has 0 bridgehead atoms. The molecule has 0 saturated heterocycles. The first-order chi connectivity index (χ1) is 7.10. The van der Waals surface area contributed by atoms with E-state index < -0.39 is 0 Å². The Morgan fingerprint density at radius 2 is 1.93 bits per heavy atom. The van der Waals surface area contributed by atoms with Crippen LogP contribution in [-0.4, -0.2) is 44.3 Å². The Morgan fingerprint density at radius 3 is 2.40 bits per heavy atom. The minimum absolute atomic E-state index is 0.311. The van der Waals surface area contributed by atoms with Crippen LogP contribution in [0.25, 0.3) is 0 Å². The second-order valence-corrected chi connectivity index (χ2v) is 4.69. The van der Waals surface area contributed by atoms with E-state index in [2.05, 4.69) is 25.7 Å². The fourth-order valence-corrected chi connectivity index (χ4v) is 1.79. The van der Waals surface area contributed by atoms with Crippen LogP contribution in [0.3, 0.4) is 0 Å². The summed E-state index contributed by atoms with van der Waals surface area (Å²) < 4.78 is 5.11. The molecule has 1 unspecified atom stereocenters. The highest BCUT2D eigenvalue weighted by molar-refractivity contribution is 4.69. The van der Waals surface area contributed by atoms with E-state index in [4.69, 9.17) is 10.5 Å². The highest BCUT2D eigenvalue weighted by Crippen LogP contribution is 2.02. The molecule has 0 aromatic rings. The number of hydrogen-bond donors (Lipinski definition) is 1. The number of nitrogens with zero attached hydrogens (tertiary/aromatic N) is 1. The quantitative estimate of drug-likeness (QED) is 0.638. The van der Waals surface area contributed by atoms with Crippen LogP contribution in [0.5, 0.6) is 0 Å². The first-order valence-electron chi connectivity index (χ1n) is 6.07. The summed E-state index contributed by atoms with van der Waals surface area (Å²) in [6, 6.07) is 0.311. The third-order valence-electron chi connectivity index (χ3n) is 2.39. The Labute approximate surface area is 95.0 Å². The van der Waals surface area contributed by atoms with E-state index in [-0.39, 0.29) is 0 Å². The summed E-state index contributed by atoms with van der Waals surface area (Å²) in [5.74, 6) is 0.690. The van der Waals surface area contributed by atoms with Gasteiger partial charge in [0.05, 0.1) is 6.61 Å². The van der Waals surface area contributed by atoms with Crippen molar-refractivity contribution in [3.05, 3.63) is 0 Å². The zero-order valence-corrected chi connectivity index (χ0v) is 10.8. The van der Waals surface area contributed by atoms with Gasteiger partial charge in [0.15, 0.2) is 0 Å². The topological polar surface area (TPSA) is 38.5 Å². The maximum absolute atomic E-state index is 6.05. The highest BCUT2D eigenvalue weighted by atomic mass is 16.5. The molecule has 0 saturated carbocycles. The van der Waals surface area contributed by atoms with Gasteiger partial charge in [-0.3, -0.25) is 4.90 Å². The van der Waals surface area contributed by atoms with E-state index in [0.717, 1.165) is 32.7 Å². The van der Waals surface area contributed by atoms with E-state index in [1.54, 1.807) is 7.11 Å². The lowest BCUT2D eigenvalue weighted by Gasteiger charge is -2.26. The maximum Gasteiger partial charge on any atom is 0.0589 e. The van der Waals surface area contributed by atoms with Crippen LogP contribution in [0.2, 0.25) is 0 Å². The SMILES string of the molecule is CCCC(N)CN(CCOC)CC(C)C. The molecule has 3 heteroatoms. The molecule has 15 heavy (non-hydrogen) atoms. The van der Waals surface area contributed by atoms with Gasteiger partial charge in [-0.2, -0.15) is 0 Å². The van der Waals surface area contributed by atoms with E-state index in [9.17, 15) is 0 Å². The largest absolute Gasteiger partial charge is 0.383 e. The lowest BCUT2D eigenvalue weighted by molar-refractivity contribution is 0.135. The van der Waals surface area contributed by atoms with Crippen LogP contribution in [0.1, 0.15) is 33.6 Å². The van der Waals surface area contributed by atoms with Crippen molar-refractivity contribution in [2.45, 2.75) is 39.7 Å². The van der Waals surface area contributed by atoms with Crippen molar-refractivity contribution >= 4 is 0 Å². The molecular formula is C12H28N2O. The molecule has 92 valence electrons. The minimum Gasteiger partial charge on any atom is -0.383 e. The van der Waals surface area contributed by atoms with Gasteiger partial charge in [0.1, 0.15) is 0 Å². The Hall–Kier alpha value is -0.120. The number of rotatable bonds is 9. The second-order valence-electron chi connectivity index (χ2n) is 4.69. The van der Waals surface area contributed by atoms with Crippen molar-refractivity contribution in [1.29, 1.82) is 0 Å². The van der Waals surface area contributed by atoms with Crippen LogP contribution >= 0.6 is 0 Å². The fraction of sp³-hybridized carbons (Fsp3) is 1.00. The Morgan fingerprint density at radius 1 is 1.27 bits per heavy atom. The number of ether oxygens (including phenoxy) is 1. The molecule has 0 radical (unpaired) electrons. The van der Waals surface area contributed by atoms with Crippen LogP contribution in [0.4, 0.5) is 0 Å². The summed E-state index contributed by atoms with van der Waals surface area (Å²) in [6.07, 6.45) is 2.28. The van der Waals surface area contributed by atoms with Crippen molar-refractivity contribution in [2.75, 3.05) is 33.4 Å². The summed E-state index contributed by atoms with van der Waals surface area (Å²) in [7, 11) is 1.75. The van der Waals surface area contributed by atoms with Gasteiger partial charge in [-0.15, -0.1) is 0 Å². The van der Waals surface area contributed by atoms with Gasteiger partial charge in [0.2, 0.25) is 0 Å². The summed E-state index contributed by atoms with van der Waals surface area (Å²) in [6.45, 7) is 10.6. The predicted octanol–water partition coefficient (Wildman–Crippen LogP) is 1.72. The molecule has 0 aliphatic carbocycles. The van der Waals surface area contributed by atoms with Crippen molar-refractivity contribution in [1.82, 2.24) is 4.90 Å². The Balaban J connectivity index is 3.87. The molecule has 0 aromatic carbocycles. The molecule has 0 amide bonds. The molecule has 0 fully saturated rings. The minimum atomic E-state index is 0.311. The lowest BCUT2D eigenvalue weighted by Crippen LogP contribution is -2.40. The number of hydrogen-bond acceptors (Lipinski definition) is 3. The molecule has 0 heterocycles. The van der Waals surface area contributed by atoms with Gasteiger partial charge in [-0.05, 0) is 12.3 Å². The molecule has 1 atom stereocenters. The summed E-state index contributed by atoms with van der Waals surface area (Å²) >= 11 is 0. The van der Waals surface area contributed by atoms with Crippen LogP contribution in [-0.2, 0) is 4.74 Å². The number of nitrogens with two attached hydrogens (primary N) is 1. The maximum atomic E-state index is 6.05. The van der Waals surface area contributed by atoms with Gasteiger partial charge in [-0.25, -0.2) is 0 Å². The van der Waals surface area contributed by atoms with Crippen molar-refractivity contribution in [2.24, 2.45) is 11.7 Å². The normalized spacial score (nSPS) is 13.8.